The highest BCUT2D eigenvalue weighted by Crippen LogP contribution is 2.21. The molecule has 1 unspecified atom stereocenters. The van der Waals surface area contributed by atoms with Crippen LogP contribution in [0.25, 0.3) is 0 Å². The number of hydrogen-bond donors (Lipinski definition) is 1. The van der Waals surface area contributed by atoms with Gasteiger partial charge in [0, 0.05) is 12.7 Å². The minimum absolute atomic E-state index is 0.229. The zero-order chi connectivity index (χ0) is 14.3. The zero-order valence-corrected chi connectivity index (χ0v) is 12.7. The number of carbonyl (C=O) groups is 1. The zero-order valence-electron chi connectivity index (χ0n) is 11.9. The van der Waals surface area contributed by atoms with Gasteiger partial charge in [-0.3, -0.25) is 4.79 Å². The number of esters is 1. The maximum Gasteiger partial charge on any atom is 0.325 e. The lowest BCUT2D eigenvalue weighted by Gasteiger charge is -2.27. The van der Waals surface area contributed by atoms with Gasteiger partial charge in [0.05, 0.1) is 7.11 Å². The van der Waals surface area contributed by atoms with Crippen LogP contribution >= 0.6 is 11.8 Å². The molecule has 1 rings (SSSR count). The third-order valence-corrected chi connectivity index (χ3v) is 3.66. The van der Waals surface area contributed by atoms with E-state index in [1.54, 1.807) is 6.92 Å². The van der Waals surface area contributed by atoms with Gasteiger partial charge in [0.2, 0.25) is 5.89 Å². The van der Waals surface area contributed by atoms with Crippen LogP contribution in [0.4, 0.5) is 0 Å². The van der Waals surface area contributed by atoms with Crippen molar-refractivity contribution in [3.8, 4) is 0 Å². The Hall–Kier alpha value is -1.08. The average molecular weight is 287 g/mol. The highest BCUT2D eigenvalue weighted by atomic mass is 32.2. The van der Waals surface area contributed by atoms with Gasteiger partial charge in [0.1, 0.15) is 5.54 Å². The number of thioether (sulfide) groups is 1. The average Bonchev–Trinajstić information content (AvgIpc) is 2.80. The predicted octanol–water partition coefficient (Wildman–Crippen LogP) is 1.79. The monoisotopic (exact) mass is 287 g/mol. The van der Waals surface area contributed by atoms with E-state index in [2.05, 4.69) is 15.5 Å². The van der Waals surface area contributed by atoms with Crippen molar-refractivity contribution in [3.05, 3.63) is 5.89 Å². The summed E-state index contributed by atoms with van der Waals surface area (Å²) in [4.78, 5) is 11.8. The molecule has 1 N–H and O–H groups in total. The number of hydrogen-bond acceptors (Lipinski definition) is 7. The van der Waals surface area contributed by atoms with Crippen LogP contribution in [-0.4, -0.2) is 41.1 Å². The smallest absolute Gasteiger partial charge is 0.325 e. The summed E-state index contributed by atoms with van der Waals surface area (Å²) >= 11 is 1.50. The number of rotatable bonds is 8. The number of carbonyl (C=O) groups excluding carboxylic acids is 1. The van der Waals surface area contributed by atoms with Gasteiger partial charge in [0.15, 0.2) is 0 Å². The Morgan fingerprint density at radius 3 is 2.79 bits per heavy atom. The number of methoxy groups -OCH3 is 1. The van der Waals surface area contributed by atoms with E-state index in [1.165, 1.54) is 18.9 Å². The van der Waals surface area contributed by atoms with Crippen molar-refractivity contribution in [1.29, 1.82) is 0 Å². The van der Waals surface area contributed by atoms with Gasteiger partial charge in [-0.1, -0.05) is 18.7 Å². The summed E-state index contributed by atoms with van der Waals surface area (Å²) in [6, 6.07) is 0. The van der Waals surface area contributed by atoms with Crippen LogP contribution in [0.5, 0.6) is 0 Å². The molecule has 1 atom stereocenters. The van der Waals surface area contributed by atoms with Crippen LogP contribution in [0.3, 0.4) is 0 Å². The van der Waals surface area contributed by atoms with E-state index < -0.39 is 5.54 Å². The molecule has 0 aromatic carbocycles. The summed E-state index contributed by atoms with van der Waals surface area (Å²) in [5.41, 5.74) is -0.630. The second-order valence-corrected chi connectivity index (χ2v) is 5.44. The lowest BCUT2D eigenvalue weighted by Crippen LogP contribution is -2.50. The molecule has 19 heavy (non-hydrogen) atoms. The molecule has 0 saturated heterocycles. The number of nitrogens with one attached hydrogen (secondary N) is 1. The predicted molar refractivity (Wildman–Crippen MR) is 73.1 cm³/mol. The molecule has 1 aromatic heterocycles. The van der Waals surface area contributed by atoms with Crippen LogP contribution in [0.15, 0.2) is 9.64 Å². The topological polar surface area (TPSA) is 77.3 Å². The molecule has 0 saturated carbocycles. The van der Waals surface area contributed by atoms with Crippen molar-refractivity contribution in [2.75, 3.05) is 19.4 Å². The van der Waals surface area contributed by atoms with E-state index in [4.69, 9.17) is 9.15 Å². The highest BCUT2D eigenvalue weighted by Gasteiger charge is 2.32. The Morgan fingerprint density at radius 1 is 1.53 bits per heavy atom. The molecule has 0 amide bonds. The molecule has 1 heterocycles. The Morgan fingerprint density at radius 2 is 2.26 bits per heavy atom. The normalized spacial score (nSPS) is 14.1. The second-order valence-electron chi connectivity index (χ2n) is 4.39. The number of aryl methyl sites for hydroxylation is 1. The SMILES string of the molecule is CCNC(C)(CCCSc1nnc(C)o1)C(=O)OC. The molecule has 0 aliphatic rings. The molecule has 0 aliphatic carbocycles. The Kier molecular flexibility index (Phi) is 6.30. The first kappa shape index (κ1) is 16.0. The molecule has 108 valence electrons. The van der Waals surface area contributed by atoms with E-state index in [1.807, 2.05) is 13.8 Å². The molecule has 0 spiro atoms. The lowest BCUT2D eigenvalue weighted by molar-refractivity contribution is -0.148. The van der Waals surface area contributed by atoms with Gasteiger partial charge >= 0.3 is 5.97 Å². The quantitative estimate of drug-likeness (QED) is 0.443. The molecular weight excluding hydrogens is 266 g/mol. The van der Waals surface area contributed by atoms with Crippen molar-refractivity contribution < 1.29 is 13.9 Å². The van der Waals surface area contributed by atoms with Crippen molar-refractivity contribution in [2.24, 2.45) is 0 Å². The third-order valence-electron chi connectivity index (χ3n) is 2.76. The summed E-state index contributed by atoms with van der Waals surface area (Å²) in [5, 5.41) is 11.4. The standard InChI is InChI=1S/C12H21N3O3S/c1-5-13-12(3,10(16)17-4)7-6-8-19-11-15-14-9(2)18-11/h13H,5-8H2,1-4H3. The summed E-state index contributed by atoms with van der Waals surface area (Å²) in [5.74, 6) is 1.15. The van der Waals surface area contributed by atoms with Crippen molar-refractivity contribution in [2.45, 2.75) is 44.4 Å². The minimum Gasteiger partial charge on any atom is -0.468 e. The summed E-state index contributed by atoms with van der Waals surface area (Å²) in [6.07, 6.45) is 1.55. The van der Waals surface area contributed by atoms with Crippen LogP contribution in [0, 0.1) is 6.92 Å². The Bertz CT molecular complexity index is 411. The fourth-order valence-corrected chi connectivity index (χ4v) is 2.54. The van der Waals surface area contributed by atoms with Crippen LogP contribution in [0.2, 0.25) is 0 Å². The fourth-order valence-electron chi connectivity index (χ4n) is 1.80. The first-order valence-corrected chi connectivity index (χ1v) is 7.26. The van der Waals surface area contributed by atoms with Crippen molar-refractivity contribution in [3.63, 3.8) is 0 Å². The minimum atomic E-state index is -0.630. The van der Waals surface area contributed by atoms with E-state index in [0.717, 1.165) is 18.7 Å². The van der Waals surface area contributed by atoms with Crippen molar-refractivity contribution in [1.82, 2.24) is 15.5 Å². The van der Waals surface area contributed by atoms with Gasteiger partial charge in [-0.05, 0) is 26.3 Å². The number of likely N-dealkylation sites (N-methyl/N-ethyl adjacent to an activating group) is 1. The van der Waals surface area contributed by atoms with Crippen LogP contribution < -0.4 is 5.32 Å². The Labute approximate surface area is 117 Å². The first-order chi connectivity index (χ1) is 9.01. The van der Waals surface area contributed by atoms with Gasteiger partial charge in [-0.15, -0.1) is 10.2 Å². The van der Waals surface area contributed by atoms with E-state index in [-0.39, 0.29) is 5.97 Å². The molecule has 0 aliphatic heterocycles. The maximum absolute atomic E-state index is 11.8. The van der Waals surface area contributed by atoms with Gasteiger partial charge in [0.25, 0.3) is 5.22 Å². The molecule has 0 fully saturated rings. The third kappa shape index (κ3) is 4.83. The molecule has 0 bridgehead atoms. The van der Waals surface area contributed by atoms with Gasteiger partial charge in [-0.2, -0.15) is 0 Å². The summed E-state index contributed by atoms with van der Waals surface area (Å²) in [6.45, 7) is 6.32. The first-order valence-electron chi connectivity index (χ1n) is 6.28. The largest absolute Gasteiger partial charge is 0.468 e. The number of nitrogens with zero attached hydrogens (tertiary/aromatic N) is 2. The van der Waals surface area contributed by atoms with Crippen molar-refractivity contribution >= 4 is 17.7 Å². The lowest BCUT2D eigenvalue weighted by atomic mass is 9.96. The summed E-state index contributed by atoms with van der Waals surface area (Å²) in [7, 11) is 1.41. The Balaban J connectivity index is 2.38. The van der Waals surface area contributed by atoms with Crippen LogP contribution in [-0.2, 0) is 9.53 Å². The maximum atomic E-state index is 11.8. The molecule has 7 heteroatoms. The second kappa shape index (κ2) is 7.49. The molecular formula is C12H21N3O3S. The van der Waals surface area contributed by atoms with E-state index in [0.29, 0.717) is 17.5 Å². The van der Waals surface area contributed by atoms with E-state index >= 15 is 0 Å². The number of ether oxygens (including phenoxy) is 1. The molecule has 6 nitrogen and oxygen atoms in total. The van der Waals surface area contributed by atoms with E-state index in [9.17, 15) is 4.79 Å². The van der Waals surface area contributed by atoms with Gasteiger partial charge in [-0.25, -0.2) is 0 Å². The summed E-state index contributed by atoms with van der Waals surface area (Å²) < 4.78 is 10.1. The molecule has 0 radical (unpaired) electrons. The highest BCUT2D eigenvalue weighted by molar-refractivity contribution is 7.99. The number of aromatic nitrogens is 2. The fraction of sp³-hybridized carbons (Fsp3) is 0.750. The van der Waals surface area contributed by atoms with Crippen LogP contribution in [0.1, 0.15) is 32.6 Å². The van der Waals surface area contributed by atoms with Gasteiger partial charge < -0.3 is 14.5 Å². The molecule has 1 aromatic rings.